The molecule has 0 saturated carbocycles. The molecule has 0 radical (unpaired) electrons. The third-order valence-corrected chi connectivity index (χ3v) is 4.83. The van der Waals surface area contributed by atoms with E-state index >= 15 is 0 Å². The fourth-order valence-corrected chi connectivity index (χ4v) is 3.44. The van der Waals surface area contributed by atoms with E-state index in [0.29, 0.717) is 16.7 Å². The van der Waals surface area contributed by atoms with E-state index in [1.54, 1.807) is 35.4 Å². The van der Waals surface area contributed by atoms with Crippen LogP contribution in [0.2, 0.25) is 5.02 Å². The van der Waals surface area contributed by atoms with Crippen molar-refractivity contribution in [2.24, 2.45) is 0 Å². The molecule has 0 aliphatic heterocycles. The molecule has 0 aliphatic carbocycles. The van der Waals surface area contributed by atoms with Crippen molar-refractivity contribution in [3.05, 3.63) is 52.7 Å². The third kappa shape index (κ3) is 3.00. The fourth-order valence-electron chi connectivity index (χ4n) is 1.67. The minimum Gasteiger partial charge on any atom is -0.444 e. The van der Waals surface area contributed by atoms with Gasteiger partial charge < -0.3 is 10.2 Å². The molecule has 2 heterocycles. The number of nitrogens with two attached hydrogens (primary N) is 1. The summed E-state index contributed by atoms with van der Waals surface area (Å²) < 4.78 is 5.48. The Morgan fingerprint density at radius 2 is 2.25 bits per heavy atom. The largest absolute Gasteiger partial charge is 0.444 e. The number of halogens is 1. The zero-order valence-electron chi connectivity index (χ0n) is 10.4. The molecule has 0 unspecified atom stereocenters. The number of hydrogen-bond acceptors (Lipinski definition) is 5. The predicted molar refractivity (Wildman–Crippen MR) is 85.2 cm³/mol. The molecule has 0 fully saturated rings. The molecule has 0 aliphatic rings. The molecule has 20 heavy (non-hydrogen) atoms. The van der Waals surface area contributed by atoms with Crippen molar-refractivity contribution in [2.75, 3.05) is 5.73 Å². The normalized spacial score (nSPS) is 10.8. The number of hydrogen-bond donors (Lipinski definition) is 1. The first kappa shape index (κ1) is 13.5. The van der Waals surface area contributed by atoms with Crippen LogP contribution in [0.1, 0.15) is 5.69 Å². The summed E-state index contributed by atoms with van der Waals surface area (Å²) >= 11 is 9.17. The van der Waals surface area contributed by atoms with Crippen molar-refractivity contribution in [3.63, 3.8) is 0 Å². The average molecular weight is 323 g/mol. The standard InChI is InChI=1S/C14H11ClN2OS2/c15-9-3-4-11(16)13(6-9)20-8-10-7-18-14(17-10)12-2-1-5-19-12/h1-7H,8,16H2. The van der Waals surface area contributed by atoms with Crippen LogP contribution in [0.15, 0.2) is 51.3 Å². The Kier molecular flexibility index (Phi) is 4.00. The maximum atomic E-state index is 5.97. The van der Waals surface area contributed by atoms with E-state index in [2.05, 4.69) is 4.98 Å². The van der Waals surface area contributed by atoms with Gasteiger partial charge in [0.15, 0.2) is 0 Å². The molecule has 0 amide bonds. The van der Waals surface area contributed by atoms with Crippen LogP contribution in [0.25, 0.3) is 10.8 Å². The molecule has 3 nitrogen and oxygen atoms in total. The molecular weight excluding hydrogens is 312 g/mol. The van der Waals surface area contributed by atoms with Gasteiger partial charge in [0, 0.05) is 21.4 Å². The smallest absolute Gasteiger partial charge is 0.236 e. The summed E-state index contributed by atoms with van der Waals surface area (Å²) in [6, 6.07) is 9.42. The lowest BCUT2D eigenvalue weighted by atomic mass is 10.3. The number of nitrogens with zero attached hydrogens (tertiary/aromatic N) is 1. The summed E-state index contributed by atoms with van der Waals surface area (Å²) in [6.45, 7) is 0. The van der Waals surface area contributed by atoms with Crippen LogP contribution in [0.4, 0.5) is 5.69 Å². The third-order valence-electron chi connectivity index (χ3n) is 2.63. The topological polar surface area (TPSA) is 52.0 Å². The van der Waals surface area contributed by atoms with Gasteiger partial charge in [0.05, 0.1) is 10.6 Å². The molecule has 2 N–H and O–H groups in total. The first-order valence-corrected chi connectivity index (χ1v) is 8.13. The van der Waals surface area contributed by atoms with Crippen LogP contribution in [-0.2, 0) is 5.75 Å². The molecule has 0 bridgehead atoms. The number of thioether (sulfide) groups is 1. The van der Waals surface area contributed by atoms with E-state index in [-0.39, 0.29) is 0 Å². The van der Waals surface area contributed by atoms with Crippen LogP contribution >= 0.6 is 34.7 Å². The van der Waals surface area contributed by atoms with Crippen LogP contribution in [0.5, 0.6) is 0 Å². The lowest BCUT2D eigenvalue weighted by molar-refractivity contribution is 0.575. The van der Waals surface area contributed by atoms with Crippen molar-refractivity contribution >= 4 is 40.4 Å². The maximum absolute atomic E-state index is 5.97. The first-order chi connectivity index (χ1) is 9.72. The van der Waals surface area contributed by atoms with Gasteiger partial charge >= 0.3 is 0 Å². The molecule has 2 aromatic heterocycles. The number of thiophene rings is 1. The molecule has 0 saturated heterocycles. The van der Waals surface area contributed by atoms with Crippen LogP contribution in [0, 0.1) is 0 Å². The Labute approximate surface area is 129 Å². The lowest BCUT2D eigenvalue weighted by Gasteiger charge is -2.04. The predicted octanol–water partition coefficient (Wildman–Crippen LogP) is 4.93. The van der Waals surface area contributed by atoms with Gasteiger partial charge in [0.25, 0.3) is 0 Å². The van der Waals surface area contributed by atoms with Gasteiger partial charge in [-0.15, -0.1) is 23.1 Å². The second-order valence-corrected chi connectivity index (χ2v) is 6.49. The van der Waals surface area contributed by atoms with E-state index in [4.69, 9.17) is 21.8 Å². The lowest BCUT2D eigenvalue weighted by Crippen LogP contribution is -1.89. The summed E-state index contributed by atoms with van der Waals surface area (Å²) in [5.41, 5.74) is 7.52. The summed E-state index contributed by atoms with van der Waals surface area (Å²) in [5, 5.41) is 2.68. The Morgan fingerprint density at radius 3 is 3.05 bits per heavy atom. The van der Waals surface area contributed by atoms with Gasteiger partial charge in [-0.1, -0.05) is 17.7 Å². The quantitative estimate of drug-likeness (QED) is 0.546. The van der Waals surface area contributed by atoms with Gasteiger partial charge in [0.1, 0.15) is 6.26 Å². The van der Waals surface area contributed by atoms with Crippen molar-refractivity contribution < 1.29 is 4.42 Å². The number of anilines is 1. The second kappa shape index (κ2) is 5.91. The van der Waals surface area contributed by atoms with Gasteiger partial charge in [-0.3, -0.25) is 0 Å². The van der Waals surface area contributed by atoms with Crippen LogP contribution in [0.3, 0.4) is 0 Å². The van der Waals surface area contributed by atoms with E-state index in [9.17, 15) is 0 Å². The van der Waals surface area contributed by atoms with Gasteiger partial charge in [0.2, 0.25) is 5.89 Å². The molecular formula is C14H11ClN2OS2. The number of oxazole rings is 1. The average Bonchev–Trinajstić information content (AvgIpc) is 3.09. The van der Waals surface area contributed by atoms with Crippen molar-refractivity contribution in [1.29, 1.82) is 0 Å². The van der Waals surface area contributed by atoms with Crippen LogP contribution < -0.4 is 5.73 Å². The van der Waals surface area contributed by atoms with E-state index in [1.165, 1.54) is 0 Å². The van der Waals surface area contributed by atoms with Crippen molar-refractivity contribution in [2.45, 2.75) is 10.6 Å². The molecule has 0 spiro atoms. The van der Waals surface area contributed by atoms with Gasteiger partial charge in [-0.25, -0.2) is 4.98 Å². The Balaban J connectivity index is 1.71. The number of nitrogen functional groups attached to an aromatic ring is 1. The van der Waals surface area contributed by atoms with Crippen molar-refractivity contribution in [1.82, 2.24) is 4.98 Å². The minimum absolute atomic E-state index is 0.662. The monoisotopic (exact) mass is 322 g/mol. The number of rotatable bonds is 4. The molecule has 6 heteroatoms. The second-order valence-electron chi connectivity index (χ2n) is 4.09. The highest BCUT2D eigenvalue weighted by Gasteiger charge is 2.09. The van der Waals surface area contributed by atoms with Gasteiger partial charge in [-0.05, 0) is 29.6 Å². The SMILES string of the molecule is Nc1ccc(Cl)cc1SCc1coc(-c2cccs2)n1. The highest BCUT2D eigenvalue weighted by atomic mass is 35.5. The zero-order valence-corrected chi connectivity index (χ0v) is 12.8. The Bertz CT molecular complexity index is 710. The molecule has 102 valence electrons. The Hall–Kier alpha value is -1.43. The summed E-state index contributed by atoms with van der Waals surface area (Å²) in [7, 11) is 0. The summed E-state index contributed by atoms with van der Waals surface area (Å²) in [4.78, 5) is 6.46. The van der Waals surface area contributed by atoms with Crippen molar-refractivity contribution in [3.8, 4) is 10.8 Å². The van der Waals surface area contributed by atoms with E-state index < -0.39 is 0 Å². The molecule has 0 atom stereocenters. The molecule has 1 aromatic carbocycles. The van der Waals surface area contributed by atoms with Crippen LogP contribution in [-0.4, -0.2) is 4.98 Å². The summed E-state index contributed by atoms with van der Waals surface area (Å²) in [6.07, 6.45) is 1.68. The Morgan fingerprint density at radius 1 is 1.35 bits per heavy atom. The first-order valence-electron chi connectivity index (χ1n) is 5.88. The molecule has 3 rings (SSSR count). The zero-order chi connectivity index (χ0) is 13.9. The highest BCUT2D eigenvalue weighted by molar-refractivity contribution is 7.98. The number of benzene rings is 1. The minimum atomic E-state index is 0.662. The van der Waals surface area contributed by atoms with Gasteiger partial charge in [-0.2, -0.15) is 0 Å². The summed E-state index contributed by atoms with van der Waals surface area (Å²) in [5.74, 6) is 1.36. The van der Waals surface area contributed by atoms with E-state index in [1.807, 2.05) is 29.6 Å². The molecule has 3 aromatic rings. The van der Waals surface area contributed by atoms with E-state index in [0.717, 1.165) is 21.2 Å². The fraction of sp³-hybridized carbons (Fsp3) is 0.0714. The number of aromatic nitrogens is 1. The highest BCUT2D eigenvalue weighted by Crippen LogP contribution is 2.31. The maximum Gasteiger partial charge on any atom is 0.236 e.